The van der Waals surface area contributed by atoms with E-state index < -0.39 is 0 Å². The SMILES string of the molecule is CCOC(=O)[C@H]1CCCN(c2cc(C)c3cc(Cl)ccc3n2)C1. The summed E-state index contributed by atoms with van der Waals surface area (Å²) in [5.41, 5.74) is 2.08. The quantitative estimate of drug-likeness (QED) is 0.797. The molecule has 1 atom stereocenters. The lowest BCUT2D eigenvalue weighted by atomic mass is 9.98. The van der Waals surface area contributed by atoms with Crippen molar-refractivity contribution in [3.05, 3.63) is 34.9 Å². The van der Waals surface area contributed by atoms with E-state index in [0.717, 1.165) is 46.7 Å². The first-order valence-electron chi connectivity index (χ1n) is 8.07. The van der Waals surface area contributed by atoms with Crippen LogP contribution < -0.4 is 4.90 Å². The largest absolute Gasteiger partial charge is 0.466 e. The summed E-state index contributed by atoms with van der Waals surface area (Å²) in [6.45, 7) is 5.93. The van der Waals surface area contributed by atoms with Gasteiger partial charge in [0.1, 0.15) is 5.82 Å². The molecule has 5 heteroatoms. The van der Waals surface area contributed by atoms with Gasteiger partial charge in [0.05, 0.1) is 18.0 Å². The van der Waals surface area contributed by atoms with Crippen molar-refractivity contribution in [1.29, 1.82) is 0 Å². The van der Waals surface area contributed by atoms with Crippen LogP contribution in [0.2, 0.25) is 5.02 Å². The van der Waals surface area contributed by atoms with Gasteiger partial charge in [-0.25, -0.2) is 4.98 Å². The van der Waals surface area contributed by atoms with Crippen molar-refractivity contribution < 1.29 is 9.53 Å². The van der Waals surface area contributed by atoms with E-state index in [9.17, 15) is 4.79 Å². The third kappa shape index (κ3) is 3.42. The maximum Gasteiger partial charge on any atom is 0.310 e. The molecule has 0 amide bonds. The van der Waals surface area contributed by atoms with Gasteiger partial charge in [-0.1, -0.05) is 11.6 Å². The summed E-state index contributed by atoms with van der Waals surface area (Å²) in [4.78, 5) is 19.0. The number of rotatable bonds is 3. The highest BCUT2D eigenvalue weighted by molar-refractivity contribution is 6.31. The first-order chi connectivity index (χ1) is 11.1. The molecule has 1 aromatic carbocycles. The van der Waals surface area contributed by atoms with Crippen molar-refractivity contribution in [3.8, 4) is 0 Å². The summed E-state index contributed by atoms with van der Waals surface area (Å²) in [5, 5.41) is 1.79. The highest BCUT2D eigenvalue weighted by atomic mass is 35.5. The number of ether oxygens (including phenoxy) is 1. The lowest BCUT2D eigenvalue weighted by molar-refractivity contribution is -0.148. The van der Waals surface area contributed by atoms with Crippen LogP contribution in [0.4, 0.5) is 5.82 Å². The molecule has 4 nitrogen and oxygen atoms in total. The van der Waals surface area contributed by atoms with Crippen LogP contribution in [0.5, 0.6) is 0 Å². The Morgan fingerprint density at radius 2 is 2.26 bits per heavy atom. The number of benzene rings is 1. The molecule has 0 unspecified atom stereocenters. The molecule has 0 bridgehead atoms. The average Bonchev–Trinajstić information content (AvgIpc) is 2.56. The fourth-order valence-electron chi connectivity index (χ4n) is 3.15. The summed E-state index contributed by atoms with van der Waals surface area (Å²) in [6, 6.07) is 7.82. The highest BCUT2D eigenvalue weighted by Crippen LogP contribution is 2.28. The number of aromatic nitrogens is 1. The number of anilines is 1. The molecule has 122 valence electrons. The van der Waals surface area contributed by atoms with Gasteiger partial charge in [0, 0.05) is 23.5 Å². The van der Waals surface area contributed by atoms with Crippen molar-refractivity contribution >= 4 is 34.3 Å². The number of piperidine rings is 1. The molecule has 2 heterocycles. The van der Waals surface area contributed by atoms with Crippen molar-refractivity contribution in [2.75, 3.05) is 24.6 Å². The second-order valence-corrected chi connectivity index (χ2v) is 6.43. The Morgan fingerprint density at radius 3 is 3.04 bits per heavy atom. The Balaban J connectivity index is 1.87. The zero-order valence-corrected chi connectivity index (χ0v) is 14.3. The van der Waals surface area contributed by atoms with Gasteiger partial charge in [-0.2, -0.15) is 0 Å². The number of nitrogens with zero attached hydrogens (tertiary/aromatic N) is 2. The van der Waals surface area contributed by atoms with E-state index in [2.05, 4.69) is 17.9 Å². The van der Waals surface area contributed by atoms with Gasteiger partial charge >= 0.3 is 5.97 Å². The molecule has 2 aromatic rings. The van der Waals surface area contributed by atoms with Crippen LogP contribution in [0.15, 0.2) is 24.3 Å². The summed E-state index contributed by atoms with van der Waals surface area (Å²) < 4.78 is 5.17. The zero-order chi connectivity index (χ0) is 16.4. The van der Waals surface area contributed by atoms with E-state index in [0.29, 0.717) is 13.2 Å². The second-order valence-electron chi connectivity index (χ2n) is 6.00. The van der Waals surface area contributed by atoms with Crippen molar-refractivity contribution in [3.63, 3.8) is 0 Å². The number of fused-ring (bicyclic) bond motifs is 1. The molecule has 23 heavy (non-hydrogen) atoms. The van der Waals surface area contributed by atoms with Crippen LogP contribution in [0.3, 0.4) is 0 Å². The van der Waals surface area contributed by atoms with Crippen LogP contribution >= 0.6 is 11.6 Å². The Bertz CT molecular complexity index is 732. The maximum absolute atomic E-state index is 12.0. The number of carbonyl (C=O) groups is 1. The standard InChI is InChI=1S/C18H21ClN2O2/c1-3-23-18(22)13-5-4-8-21(11-13)17-9-12(2)15-10-14(19)6-7-16(15)20-17/h6-7,9-10,13H,3-5,8,11H2,1-2H3/t13-/m0/s1. The zero-order valence-electron chi connectivity index (χ0n) is 13.5. The normalized spacial score (nSPS) is 18.2. The number of aryl methyl sites for hydroxylation is 1. The third-order valence-corrected chi connectivity index (χ3v) is 4.56. The van der Waals surface area contributed by atoms with E-state index in [1.165, 1.54) is 0 Å². The van der Waals surface area contributed by atoms with Gasteiger partial charge in [-0.15, -0.1) is 0 Å². The predicted octanol–water partition coefficient (Wildman–Crippen LogP) is 3.98. The van der Waals surface area contributed by atoms with Gasteiger partial charge in [-0.05, 0) is 56.5 Å². The van der Waals surface area contributed by atoms with E-state index in [1.54, 1.807) is 0 Å². The van der Waals surface area contributed by atoms with Gasteiger partial charge in [0.2, 0.25) is 0 Å². The molecule has 1 aliphatic rings. The smallest absolute Gasteiger partial charge is 0.310 e. The number of carbonyl (C=O) groups excluding carboxylic acids is 1. The fraction of sp³-hybridized carbons (Fsp3) is 0.444. The van der Waals surface area contributed by atoms with Gasteiger partial charge in [0.25, 0.3) is 0 Å². The molecule has 0 aliphatic carbocycles. The molecule has 0 radical (unpaired) electrons. The minimum absolute atomic E-state index is 0.0632. The molecule has 1 saturated heterocycles. The maximum atomic E-state index is 12.0. The first-order valence-corrected chi connectivity index (χ1v) is 8.44. The highest BCUT2D eigenvalue weighted by Gasteiger charge is 2.27. The molecule has 1 fully saturated rings. The molecular weight excluding hydrogens is 312 g/mol. The minimum atomic E-state index is -0.0958. The number of halogens is 1. The molecule has 0 spiro atoms. The van der Waals surface area contributed by atoms with Crippen molar-refractivity contribution in [1.82, 2.24) is 4.98 Å². The monoisotopic (exact) mass is 332 g/mol. The number of pyridine rings is 1. The Kier molecular flexibility index (Phi) is 4.71. The van der Waals surface area contributed by atoms with Crippen LogP contribution in [0, 0.1) is 12.8 Å². The first kappa shape index (κ1) is 16.1. The molecule has 1 aliphatic heterocycles. The second kappa shape index (κ2) is 6.75. The third-order valence-electron chi connectivity index (χ3n) is 4.33. The Hall–Kier alpha value is -1.81. The Morgan fingerprint density at radius 1 is 1.43 bits per heavy atom. The lowest BCUT2D eigenvalue weighted by Crippen LogP contribution is -2.39. The molecular formula is C18H21ClN2O2. The molecule has 1 aromatic heterocycles. The summed E-state index contributed by atoms with van der Waals surface area (Å²) in [5.74, 6) is 0.763. The van der Waals surface area contributed by atoms with Crippen LogP contribution in [0.25, 0.3) is 10.9 Å². The Labute approximate surface area is 141 Å². The average molecular weight is 333 g/mol. The summed E-state index contributed by atoms with van der Waals surface area (Å²) in [7, 11) is 0. The van der Waals surface area contributed by atoms with Crippen LogP contribution in [-0.2, 0) is 9.53 Å². The minimum Gasteiger partial charge on any atom is -0.466 e. The van der Waals surface area contributed by atoms with Gasteiger partial charge in [-0.3, -0.25) is 4.79 Å². The number of hydrogen-bond acceptors (Lipinski definition) is 4. The van der Waals surface area contributed by atoms with E-state index in [1.807, 2.05) is 25.1 Å². The summed E-state index contributed by atoms with van der Waals surface area (Å²) >= 11 is 6.07. The van der Waals surface area contributed by atoms with Gasteiger partial charge < -0.3 is 9.64 Å². The molecule has 3 rings (SSSR count). The number of hydrogen-bond donors (Lipinski definition) is 0. The van der Waals surface area contributed by atoms with E-state index in [4.69, 9.17) is 21.3 Å². The topological polar surface area (TPSA) is 42.4 Å². The fourth-order valence-corrected chi connectivity index (χ4v) is 3.32. The van der Waals surface area contributed by atoms with E-state index >= 15 is 0 Å². The molecule has 0 saturated carbocycles. The lowest BCUT2D eigenvalue weighted by Gasteiger charge is -2.32. The number of esters is 1. The molecule has 0 N–H and O–H groups in total. The predicted molar refractivity (Wildman–Crippen MR) is 93.1 cm³/mol. The summed E-state index contributed by atoms with van der Waals surface area (Å²) in [6.07, 6.45) is 1.86. The van der Waals surface area contributed by atoms with Crippen molar-refractivity contribution in [2.45, 2.75) is 26.7 Å². The van der Waals surface area contributed by atoms with E-state index in [-0.39, 0.29) is 11.9 Å². The van der Waals surface area contributed by atoms with Crippen molar-refractivity contribution in [2.24, 2.45) is 5.92 Å². The van der Waals surface area contributed by atoms with Gasteiger partial charge in [0.15, 0.2) is 0 Å². The van der Waals surface area contributed by atoms with Crippen LogP contribution in [-0.4, -0.2) is 30.6 Å². The van der Waals surface area contributed by atoms with Crippen LogP contribution in [0.1, 0.15) is 25.3 Å².